The van der Waals surface area contributed by atoms with Crippen LogP contribution in [0.3, 0.4) is 0 Å². The molecule has 9 heteroatoms. The van der Waals surface area contributed by atoms with E-state index in [1.54, 1.807) is 54.6 Å². The van der Waals surface area contributed by atoms with Crippen molar-refractivity contribution < 1.29 is 19.1 Å². The third-order valence-corrected chi connectivity index (χ3v) is 6.42. The van der Waals surface area contributed by atoms with Crippen molar-refractivity contribution in [2.45, 2.75) is 6.61 Å². The number of rotatable bonds is 6. The number of halogens is 3. The van der Waals surface area contributed by atoms with Crippen LogP contribution in [0.2, 0.25) is 15.1 Å². The molecule has 0 atom stereocenters. The Bertz CT molecular complexity index is 1240. The molecule has 1 aliphatic rings. The number of hydrogen-bond acceptors (Lipinski definition) is 5. The van der Waals surface area contributed by atoms with Crippen molar-refractivity contribution in [3.8, 4) is 11.5 Å². The second kappa shape index (κ2) is 10.1. The molecule has 1 aliphatic heterocycles. The summed E-state index contributed by atoms with van der Waals surface area (Å²) in [4.78, 5) is 26.9. The van der Waals surface area contributed by atoms with Gasteiger partial charge in [-0.05, 0) is 65.4 Å². The summed E-state index contributed by atoms with van der Waals surface area (Å²) in [7, 11) is 1.48. The van der Waals surface area contributed by atoms with Crippen LogP contribution in [0.15, 0.2) is 65.6 Å². The number of hydrogen-bond donors (Lipinski definition) is 0. The molecule has 0 aliphatic carbocycles. The fourth-order valence-corrected chi connectivity index (χ4v) is 4.75. The Morgan fingerprint density at radius 2 is 1.64 bits per heavy atom. The minimum atomic E-state index is -0.454. The van der Waals surface area contributed by atoms with E-state index >= 15 is 0 Å². The highest BCUT2D eigenvalue weighted by molar-refractivity contribution is 8.19. The summed E-state index contributed by atoms with van der Waals surface area (Å²) in [6.07, 6.45) is 1.57. The summed E-state index contributed by atoms with van der Waals surface area (Å²) in [5, 5.41) is 0.781. The van der Waals surface area contributed by atoms with Gasteiger partial charge in [-0.15, -0.1) is 0 Å². The number of carbonyl (C=O) groups excluding carboxylic acids is 2. The molecule has 0 saturated carbocycles. The number of methoxy groups -OCH3 is 1. The van der Waals surface area contributed by atoms with E-state index in [9.17, 15) is 9.59 Å². The first-order chi connectivity index (χ1) is 15.9. The molecular weight excluding hydrogens is 505 g/mol. The number of amides is 2. The Labute approximate surface area is 209 Å². The van der Waals surface area contributed by atoms with Gasteiger partial charge in [-0.25, -0.2) is 4.90 Å². The highest BCUT2D eigenvalue weighted by Gasteiger charge is 2.37. The molecular formula is C24H16Cl3NO4S. The number of anilines is 1. The molecule has 3 aromatic rings. The second-order valence-corrected chi connectivity index (χ2v) is 9.16. The minimum absolute atomic E-state index is 0.243. The molecule has 168 valence electrons. The van der Waals surface area contributed by atoms with Gasteiger partial charge in [0.25, 0.3) is 11.1 Å². The number of ether oxygens (including phenoxy) is 2. The first kappa shape index (κ1) is 23.5. The standard InChI is InChI=1S/C24H16Cl3NO4S/c1-31-20-5-3-2-4-19(20)28-23(29)21(33-24(28)30)12-15-10-17(26)22(18(27)11-15)32-13-14-6-8-16(25)9-7-14/h2-12H,13H2,1H3/b21-12-. The molecule has 2 amide bonds. The molecule has 1 fully saturated rings. The zero-order chi connectivity index (χ0) is 23.5. The quantitative estimate of drug-likeness (QED) is 0.315. The van der Waals surface area contributed by atoms with Crippen LogP contribution in [0.25, 0.3) is 6.08 Å². The lowest BCUT2D eigenvalue weighted by molar-refractivity contribution is -0.113. The van der Waals surface area contributed by atoms with Crippen LogP contribution in [0.1, 0.15) is 11.1 Å². The molecule has 1 saturated heterocycles. The van der Waals surface area contributed by atoms with Gasteiger partial charge in [0.05, 0.1) is 27.7 Å². The second-order valence-electron chi connectivity index (χ2n) is 6.92. The van der Waals surface area contributed by atoms with Crippen molar-refractivity contribution in [3.05, 3.63) is 91.8 Å². The Balaban J connectivity index is 1.56. The third-order valence-electron chi connectivity index (χ3n) is 4.73. The van der Waals surface area contributed by atoms with E-state index in [0.29, 0.717) is 27.8 Å². The molecule has 5 nitrogen and oxygen atoms in total. The lowest BCUT2D eigenvalue weighted by Gasteiger charge is -2.15. The highest BCUT2D eigenvalue weighted by Crippen LogP contribution is 2.41. The zero-order valence-electron chi connectivity index (χ0n) is 17.2. The molecule has 3 aromatic carbocycles. The van der Waals surface area contributed by atoms with Crippen molar-refractivity contribution in [1.82, 2.24) is 0 Å². The average molecular weight is 521 g/mol. The van der Waals surface area contributed by atoms with Crippen LogP contribution in [0.4, 0.5) is 10.5 Å². The molecule has 0 bridgehead atoms. The topological polar surface area (TPSA) is 55.8 Å². The van der Waals surface area contributed by atoms with Gasteiger partial charge in [0.1, 0.15) is 12.4 Å². The fraction of sp³-hybridized carbons (Fsp3) is 0.0833. The van der Waals surface area contributed by atoms with E-state index in [1.807, 2.05) is 12.1 Å². The van der Waals surface area contributed by atoms with Crippen LogP contribution in [-0.4, -0.2) is 18.3 Å². The predicted octanol–water partition coefficient (Wildman–Crippen LogP) is 7.48. The lowest BCUT2D eigenvalue weighted by atomic mass is 10.2. The molecule has 1 heterocycles. The molecule has 0 unspecified atom stereocenters. The fourth-order valence-electron chi connectivity index (χ4n) is 3.18. The molecule has 0 spiro atoms. The molecule has 33 heavy (non-hydrogen) atoms. The summed E-state index contributed by atoms with van der Waals surface area (Å²) in [5.74, 6) is 0.298. The number of carbonyl (C=O) groups is 2. The highest BCUT2D eigenvalue weighted by atomic mass is 35.5. The Kier molecular flexibility index (Phi) is 7.20. The number of benzene rings is 3. The van der Waals surface area contributed by atoms with Crippen LogP contribution < -0.4 is 14.4 Å². The summed E-state index contributed by atoms with van der Waals surface area (Å²) < 4.78 is 11.1. The molecule has 0 aromatic heterocycles. The first-order valence-electron chi connectivity index (χ1n) is 9.64. The average Bonchev–Trinajstić information content (AvgIpc) is 3.07. The van der Waals surface area contributed by atoms with E-state index in [2.05, 4.69) is 0 Å². The molecule has 0 radical (unpaired) electrons. The maximum atomic E-state index is 13.0. The van der Waals surface area contributed by atoms with Crippen LogP contribution >= 0.6 is 46.6 Å². The van der Waals surface area contributed by atoms with Crippen molar-refractivity contribution in [2.24, 2.45) is 0 Å². The normalized spacial score (nSPS) is 14.8. The number of para-hydroxylation sites is 2. The summed E-state index contributed by atoms with van der Waals surface area (Å²) in [6, 6.07) is 17.3. The van der Waals surface area contributed by atoms with Crippen molar-refractivity contribution in [1.29, 1.82) is 0 Å². The Morgan fingerprint density at radius 1 is 0.970 bits per heavy atom. The van der Waals surface area contributed by atoms with Gasteiger partial charge < -0.3 is 9.47 Å². The van der Waals surface area contributed by atoms with Gasteiger partial charge in [-0.1, -0.05) is 59.1 Å². The van der Waals surface area contributed by atoms with Gasteiger partial charge in [0, 0.05) is 5.02 Å². The third kappa shape index (κ3) is 5.14. The van der Waals surface area contributed by atoms with Crippen molar-refractivity contribution in [3.63, 3.8) is 0 Å². The summed E-state index contributed by atoms with van der Waals surface area (Å²) in [5.41, 5.74) is 1.85. The Morgan fingerprint density at radius 3 is 2.30 bits per heavy atom. The van der Waals surface area contributed by atoms with E-state index in [0.717, 1.165) is 22.2 Å². The van der Waals surface area contributed by atoms with Gasteiger partial charge in [0.15, 0.2) is 5.75 Å². The molecule has 0 N–H and O–H groups in total. The summed E-state index contributed by atoms with van der Waals surface area (Å²) in [6.45, 7) is 0.258. The van der Waals surface area contributed by atoms with Crippen LogP contribution in [0, 0.1) is 0 Å². The smallest absolute Gasteiger partial charge is 0.298 e. The zero-order valence-corrected chi connectivity index (χ0v) is 20.3. The maximum Gasteiger partial charge on any atom is 0.298 e. The largest absolute Gasteiger partial charge is 0.495 e. The van der Waals surface area contributed by atoms with Gasteiger partial charge in [-0.3, -0.25) is 9.59 Å². The number of nitrogens with zero attached hydrogens (tertiary/aromatic N) is 1. The maximum absolute atomic E-state index is 13.0. The Hall–Kier alpha value is -2.64. The van der Waals surface area contributed by atoms with Gasteiger partial charge >= 0.3 is 0 Å². The predicted molar refractivity (Wildman–Crippen MR) is 134 cm³/mol. The van der Waals surface area contributed by atoms with Crippen LogP contribution in [-0.2, 0) is 11.4 Å². The first-order valence-corrected chi connectivity index (χ1v) is 11.6. The lowest BCUT2D eigenvalue weighted by Crippen LogP contribution is -2.28. The molecule has 4 rings (SSSR count). The number of thioether (sulfide) groups is 1. The minimum Gasteiger partial charge on any atom is -0.495 e. The van der Waals surface area contributed by atoms with E-state index in [-0.39, 0.29) is 21.6 Å². The van der Waals surface area contributed by atoms with Gasteiger partial charge in [0.2, 0.25) is 0 Å². The van der Waals surface area contributed by atoms with E-state index in [4.69, 9.17) is 44.3 Å². The summed E-state index contributed by atoms with van der Waals surface area (Å²) >= 11 is 19.5. The van der Waals surface area contributed by atoms with E-state index < -0.39 is 11.1 Å². The van der Waals surface area contributed by atoms with Crippen molar-refractivity contribution >= 4 is 69.5 Å². The van der Waals surface area contributed by atoms with Gasteiger partial charge in [-0.2, -0.15) is 0 Å². The van der Waals surface area contributed by atoms with Crippen LogP contribution in [0.5, 0.6) is 11.5 Å². The van der Waals surface area contributed by atoms with Crippen molar-refractivity contribution in [2.75, 3.05) is 12.0 Å². The number of imide groups is 1. The monoisotopic (exact) mass is 519 g/mol. The SMILES string of the molecule is COc1ccccc1N1C(=O)S/C(=C\c2cc(Cl)c(OCc3ccc(Cl)cc3)c(Cl)c2)C1=O. The van der Waals surface area contributed by atoms with E-state index in [1.165, 1.54) is 7.11 Å².